The fraction of sp³-hybridized carbons (Fsp3) is 0.357. The highest BCUT2D eigenvalue weighted by Crippen LogP contribution is 2.18. The van der Waals surface area contributed by atoms with E-state index in [1.165, 1.54) is 16.8 Å². The van der Waals surface area contributed by atoms with E-state index in [0.717, 1.165) is 11.0 Å². The van der Waals surface area contributed by atoms with Gasteiger partial charge in [-0.3, -0.25) is 4.68 Å². The van der Waals surface area contributed by atoms with Crippen molar-refractivity contribution in [1.29, 1.82) is 0 Å². The third-order valence-corrected chi connectivity index (χ3v) is 3.78. The highest BCUT2D eigenvalue weighted by Gasteiger charge is 2.08. The Balaban J connectivity index is 2.00. The van der Waals surface area contributed by atoms with Crippen molar-refractivity contribution in [3.8, 4) is 0 Å². The number of rotatable bonds is 4. The predicted molar refractivity (Wildman–Crippen MR) is 77.3 cm³/mol. The summed E-state index contributed by atoms with van der Waals surface area (Å²) in [5.41, 5.74) is 3.74. The van der Waals surface area contributed by atoms with Crippen LogP contribution in [-0.4, -0.2) is 9.78 Å². The molecule has 1 aromatic carbocycles. The summed E-state index contributed by atoms with van der Waals surface area (Å²) < 4.78 is 3.02. The third kappa shape index (κ3) is 3.00. The quantitative estimate of drug-likeness (QED) is 0.939. The maximum atomic E-state index is 4.25. The van der Waals surface area contributed by atoms with E-state index in [2.05, 4.69) is 58.4 Å². The first kappa shape index (κ1) is 13.3. The van der Waals surface area contributed by atoms with Crippen LogP contribution in [0.5, 0.6) is 0 Å². The summed E-state index contributed by atoms with van der Waals surface area (Å²) in [6, 6.07) is 8.71. The van der Waals surface area contributed by atoms with Gasteiger partial charge in [-0.25, -0.2) is 0 Å². The number of aromatic nitrogens is 2. The predicted octanol–water partition coefficient (Wildman–Crippen LogP) is 3.34. The van der Waals surface area contributed by atoms with Crippen molar-refractivity contribution in [2.75, 3.05) is 0 Å². The Morgan fingerprint density at radius 2 is 2.22 bits per heavy atom. The van der Waals surface area contributed by atoms with Gasteiger partial charge in [0.2, 0.25) is 0 Å². The van der Waals surface area contributed by atoms with Gasteiger partial charge in [0.05, 0.1) is 6.20 Å². The Morgan fingerprint density at radius 3 is 2.83 bits per heavy atom. The molecule has 2 rings (SSSR count). The average Bonchev–Trinajstić information content (AvgIpc) is 2.67. The van der Waals surface area contributed by atoms with E-state index in [0.29, 0.717) is 6.04 Å². The number of hydrogen-bond donors (Lipinski definition) is 1. The second-order valence-electron chi connectivity index (χ2n) is 4.54. The van der Waals surface area contributed by atoms with Crippen LogP contribution in [0.25, 0.3) is 0 Å². The Bertz CT molecular complexity index is 534. The normalized spacial score (nSPS) is 12.7. The van der Waals surface area contributed by atoms with Crippen LogP contribution in [0.15, 0.2) is 34.9 Å². The second-order valence-corrected chi connectivity index (χ2v) is 5.45. The van der Waals surface area contributed by atoms with E-state index in [9.17, 15) is 0 Å². The Kier molecular flexibility index (Phi) is 4.19. The standard InChI is InChI=1S/C14H18BrN3/c1-10(12-5-4-6-14(15)7-12)16-8-13-9-17-18(3)11(13)2/h4-7,9-10,16H,8H2,1-3H3. The van der Waals surface area contributed by atoms with Crippen molar-refractivity contribution >= 4 is 15.9 Å². The average molecular weight is 308 g/mol. The molecule has 0 aliphatic rings. The van der Waals surface area contributed by atoms with Crippen LogP contribution >= 0.6 is 15.9 Å². The fourth-order valence-electron chi connectivity index (χ4n) is 1.87. The molecular formula is C14H18BrN3. The van der Waals surface area contributed by atoms with E-state index in [-0.39, 0.29) is 0 Å². The minimum absolute atomic E-state index is 0.321. The summed E-state index contributed by atoms with van der Waals surface area (Å²) in [6.07, 6.45) is 1.93. The summed E-state index contributed by atoms with van der Waals surface area (Å²) in [5.74, 6) is 0. The van der Waals surface area contributed by atoms with Gasteiger partial charge in [0.1, 0.15) is 0 Å². The van der Waals surface area contributed by atoms with Gasteiger partial charge in [0.25, 0.3) is 0 Å². The maximum Gasteiger partial charge on any atom is 0.0537 e. The molecular weight excluding hydrogens is 290 g/mol. The summed E-state index contributed by atoms with van der Waals surface area (Å²) >= 11 is 3.50. The first-order valence-electron chi connectivity index (χ1n) is 6.04. The molecule has 96 valence electrons. The summed E-state index contributed by atoms with van der Waals surface area (Å²) in [6.45, 7) is 5.11. The minimum Gasteiger partial charge on any atom is -0.306 e. The number of nitrogens with zero attached hydrogens (tertiary/aromatic N) is 2. The zero-order valence-corrected chi connectivity index (χ0v) is 12.5. The van der Waals surface area contributed by atoms with E-state index in [1.807, 2.05) is 24.0 Å². The number of hydrogen-bond acceptors (Lipinski definition) is 2. The lowest BCUT2D eigenvalue weighted by Gasteiger charge is -2.14. The molecule has 0 fully saturated rings. The summed E-state index contributed by atoms with van der Waals surface area (Å²) in [5, 5.41) is 7.77. The highest BCUT2D eigenvalue weighted by molar-refractivity contribution is 9.10. The molecule has 1 heterocycles. The molecule has 1 N–H and O–H groups in total. The summed E-state index contributed by atoms with van der Waals surface area (Å²) in [4.78, 5) is 0. The molecule has 0 aliphatic heterocycles. The summed E-state index contributed by atoms with van der Waals surface area (Å²) in [7, 11) is 1.97. The second kappa shape index (κ2) is 5.67. The lowest BCUT2D eigenvalue weighted by atomic mass is 10.1. The van der Waals surface area contributed by atoms with E-state index in [4.69, 9.17) is 0 Å². The van der Waals surface area contributed by atoms with Gasteiger partial charge in [-0.2, -0.15) is 5.10 Å². The Labute approximate surface area is 116 Å². The Hall–Kier alpha value is -1.13. The van der Waals surface area contributed by atoms with Crippen LogP contribution in [0.2, 0.25) is 0 Å². The molecule has 4 heteroatoms. The maximum absolute atomic E-state index is 4.25. The van der Waals surface area contributed by atoms with E-state index >= 15 is 0 Å². The number of halogens is 1. The smallest absolute Gasteiger partial charge is 0.0537 e. The molecule has 1 aromatic heterocycles. The fourth-order valence-corrected chi connectivity index (χ4v) is 2.29. The zero-order chi connectivity index (χ0) is 13.1. The van der Waals surface area contributed by atoms with Gasteiger partial charge in [0, 0.05) is 35.4 Å². The topological polar surface area (TPSA) is 29.9 Å². The van der Waals surface area contributed by atoms with Crippen molar-refractivity contribution < 1.29 is 0 Å². The molecule has 0 aliphatic carbocycles. The SMILES string of the molecule is Cc1c(CNC(C)c2cccc(Br)c2)cnn1C. The minimum atomic E-state index is 0.321. The molecule has 2 aromatic rings. The van der Waals surface area contributed by atoms with Crippen molar-refractivity contribution in [2.45, 2.75) is 26.4 Å². The van der Waals surface area contributed by atoms with Crippen LogP contribution in [0.3, 0.4) is 0 Å². The first-order chi connectivity index (χ1) is 8.58. The largest absolute Gasteiger partial charge is 0.306 e. The molecule has 0 saturated carbocycles. The molecule has 0 spiro atoms. The van der Waals surface area contributed by atoms with Crippen LogP contribution < -0.4 is 5.32 Å². The first-order valence-corrected chi connectivity index (χ1v) is 6.83. The van der Waals surface area contributed by atoms with Crippen molar-refractivity contribution in [2.24, 2.45) is 7.05 Å². The monoisotopic (exact) mass is 307 g/mol. The van der Waals surface area contributed by atoms with Crippen LogP contribution in [0, 0.1) is 6.92 Å². The molecule has 1 atom stereocenters. The molecule has 3 nitrogen and oxygen atoms in total. The number of benzene rings is 1. The molecule has 0 amide bonds. The lowest BCUT2D eigenvalue weighted by molar-refractivity contribution is 0.572. The van der Waals surface area contributed by atoms with E-state index in [1.54, 1.807) is 0 Å². The number of aryl methyl sites for hydroxylation is 1. The van der Waals surface area contributed by atoms with Crippen molar-refractivity contribution in [3.05, 3.63) is 51.8 Å². The van der Waals surface area contributed by atoms with Crippen LogP contribution in [0.1, 0.15) is 29.8 Å². The van der Waals surface area contributed by atoms with Crippen molar-refractivity contribution in [3.63, 3.8) is 0 Å². The lowest BCUT2D eigenvalue weighted by Crippen LogP contribution is -2.18. The number of nitrogens with one attached hydrogen (secondary N) is 1. The molecule has 0 saturated heterocycles. The van der Waals surface area contributed by atoms with Gasteiger partial charge >= 0.3 is 0 Å². The van der Waals surface area contributed by atoms with Gasteiger partial charge in [0.15, 0.2) is 0 Å². The highest BCUT2D eigenvalue weighted by atomic mass is 79.9. The molecule has 18 heavy (non-hydrogen) atoms. The third-order valence-electron chi connectivity index (χ3n) is 3.28. The zero-order valence-electron chi connectivity index (χ0n) is 10.9. The van der Waals surface area contributed by atoms with Gasteiger partial charge < -0.3 is 5.32 Å². The van der Waals surface area contributed by atoms with Gasteiger partial charge in [-0.15, -0.1) is 0 Å². The Morgan fingerprint density at radius 1 is 1.44 bits per heavy atom. The van der Waals surface area contributed by atoms with Crippen LogP contribution in [0.4, 0.5) is 0 Å². The molecule has 0 bridgehead atoms. The molecule has 1 unspecified atom stereocenters. The van der Waals surface area contributed by atoms with Gasteiger partial charge in [-0.05, 0) is 31.5 Å². The van der Waals surface area contributed by atoms with Crippen LogP contribution in [-0.2, 0) is 13.6 Å². The van der Waals surface area contributed by atoms with Gasteiger partial charge in [-0.1, -0.05) is 28.1 Å². The van der Waals surface area contributed by atoms with Crippen molar-refractivity contribution in [1.82, 2.24) is 15.1 Å². The van der Waals surface area contributed by atoms with E-state index < -0.39 is 0 Å². The molecule has 0 radical (unpaired) electrons.